The number of ether oxygens (including phenoxy) is 4. The van der Waals surface area contributed by atoms with Gasteiger partial charge >= 0.3 is 0 Å². The van der Waals surface area contributed by atoms with E-state index in [-0.39, 0.29) is 12.8 Å². The Morgan fingerprint density at radius 2 is 0.868 bits per heavy atom. The quantitative estimate of drug-likeness (QED) is 0.0327. The minimum atomic E-state index is -1.84. The summed E-state index contributed by atoms with van der Waals surface area (Å²) in [6.45, 7) is 2.42. The van der Waals surface area contributed by atoms with Gasteiger partial charge in [0.25, 0.3) is 0 Å². The molecule has 0 saturated carbocycles. The highest BCUT2D eigenvalue weighted by atomic mass is 16.7. The molecule has 0 spiro atoms. The standard InChI is InChI=1S/C52H101NO15/c1-3-5-7-9-11-13-15-16-17-18-19-20-21-22-23-24-26-28-30-32-34-40(57)50(64)53-38(43(58)39(56)33-31-29-27-25-14-12-10-8-6-4-2)37-65-51-48(63)46(61)49(42(36-55)67-51)68-52-47(62)45(60)44(59)41(35-54)66-52/h38-49,51-52,54-63H,3-37H2,1-2H3,(H,53,64)/t38-,39+,40+,41?,42?,43-,44?,45?,46?,47?,48?,49+,51+,52?/m0/s1. The minimum absolute atomic E-state index is 0.209. The zero-order chi connectivity index (χ0) is 49.9. The summed E-state index contributed by atoms with van der Waals surface area (Å²) in [7, 11) is 0. The molecule has 2 aliphatic rings. The van der Waals surface area contributed by atoms with Gasteiger partial charge in [0.1, 0.15) is 61.0 Å². The Hall–Kier alpha value is -1.09. The number of unbranched alkanes of at least 4 members (excludes halogenated alkanes) is 28. The second-order valence-electron chi connectivity index (χ2n) is 20.0. The Morgan fingerprint density at radius 1 is 0.485 bits per heavy atom. The first-order chi connectivity index (χ1) is 32.9. The van der Waals surface area contributed by atoms with E-state index in [4.69, 9.17) is 18.9 Å². The summed E-state index contributed by atoms with van der Waals surface area (Å²) in [4.78, 5) is 13.3. The number of hydrogen-bond donors (Lipinski definition) is 11. The molecule has 0 radical (unpaired) electrons. The lowest BCUT2D eigenvalue weighted by atomic mass is 9.97. The second kappa shape index (κ2) is 39.4. The molecule has 8 unspecified atom stereocenters. The minimum Gasteiger partial charge on any atom is -0.394 e. The SMILES string of the molecule is CCCCCCCCCCCCCCCCCCCCCC[C@@H](O)C(=O)N[C@@H](CO[C@@H]1OC(CO)[C@@H](OC2OC(CO)C(O)C(O)C2O)C(O)C1O)[C@H](O)[C@H](O)CCCCCCCCCCCC. The Kier molecular flexibility index (Phi) is 36.6. The summed E-state index contributed by atoms with van der Waals surface area (Å²) >= 11 is 0. The highest BCUT2D eigenvalue weighted by Gasteiger charge is 2.51. The van der Waals surface area contributed by atoms with Crippen molar-refractivity contribution >= 4 is 5.91 Å². The molecule has 2 fully saturated rings. The van der Waals surface area contributed by atoms with Crippen LogP contribution in [0.2, 0.25) is 0 Å². The maximum atomic E-state index is 13.3. The first-order valence-corrected chi connectivity index (χ1v) is 27.5. The highest BCUT2D eigenvalue weighted by molar-refractivity contribution is 5.80. The van der Waals surface area contributed by atoms with Crippen LogP contribution in [0.1, 0.15) is 219 Å². The van der Waals surface area contributed by atoms with E-state index >= 15 is 0 Å². The summed E-state index contributed by atoms with van der Waals surface area (Å²) in [5.74, 6) is -0.757. The molecule has 14 atom stereocenters. The van der Waals surface area contributed by atoms with Crippen molar-refractivity contribution in [3.8, 4) is 0 Å². The summed E-state index contributed by atoms with van der Waals surface area (Å²) in [5.41, 5.74) is 0. The van der Waals surface area contributed by atoms with Crippen molar-refractivity contribution in [2.45, 2.75) is 305 Å². The molecule has 0 aromatic heterocycles. The van der Waals surface area contributed by atoms with Gasteiger partial charge in [-0.3, -0.25) is 4.79 Å². The van der Waals surface area contributed by atoms with Crippen LogP contribution in [-0.4, -0.2) is 163 Å². The zero-order valence-corrected chi connectivity index (χ0v) is 42.3. The third-order valence-corrected chi connectivity index (χ3v) is 14.0. The Morgan fingerprint density at radius 3 is 1.29 bits per heavy atom. The molecule has 2 rings (SSSR count). The van der Waals surface area contributed by atoms with Crippen LogP contribution >= 0.6 is 0 Å². The van der Waals surface area contributed by atoms with Crippen LogP contribution < -0.4 is 5.32 Å². The molecule has 2 heterocycles. The Labute approximate surface area is 409 Å². The average Bonchev–Trinajstić information content (AvgIpc) is 3.34. The number of amides is 1. The summed E-state index contributed by atoms with van der Waals surface area (Å²) in [6, 6.07) is -1.27. The average molecular weight is 980 g/mol. The number of aliphatic hydroxyl groups excluding tert-OH is 10. The maximum absolute atomic E-state index is 13.3. The normalized spacial score (nSPS) is 27.2. The van der Waals surface area contributed by atoms with E-state index < -0.39 is 111 Å². The third-order valence-electron chi connectivity index (χ3n) is 14.0. The molecule has 0 bridgehead atoms. The van der Waals surface area contributed by atoms with Crippen molar-refractivity contribution in [3.05, 3.63) is 0 Å². The van der Waals surface area contributed by atoms with Crippen LogP contribution in [-0.2, 0) is 23.7 Å². The predicted molar refractivity (Wildman–Crippen MR) is 261 cm³/mol. The van der Waals surface area contributed by atoms with Gasteiger partial charge in [0.05, 0.1) is 32.0 Å². The number of carbonyl (C=O) groups is 1. The van der Waals surface area contributed by atoms with Gasteiger partial charge < -0.3 is 75.3 Å². The van der Waals surface area contributed by atoms with E-state index in [0.29, 0.717) is 12.8 Å². The number of rotatable bonds is 43. The van der Waals surface area contributed by atoms with Crippen molar-refractivity contribution < 1.29 is 74.8 Å². The van der Waals surface area contributed by atoms with E-state index in [9.17, 15) is 55.9 Å². The fourth-order valence-corrected chi connectivity index (χ4v) is 9.40. The molecule has 0 aromatic rings. The molecular weight excluding hydrogens is 879 g/mol. The van der Waals surface area contributed by atoms with Gasteiger partial charge in [-0.25, -0.2) is 0 Å². The van der Waals surface area contributed by atoms with Crippen LogP contribution in [0.25, 0.3) is 0 Å². The molecular formula is C52H101NO15. The highest BCUT2D eigenvalue weighted by Crippen LogP contribution is 2.30. The molecule has 0 aliphatic carbocycles. The van der Waals surface area contributed by atoms with Gasteiger partial charge in [-0.1, -0.05) is 206 Å². The molecule has 0 aromatic carbocycles. The van der Waals surface area contributed by atoms with Crippen LogP contribution in [0.5, 0.6) is 0 Å². The number of nitrogens with one attached hydrogen (secondary N) is 1. The van der Waals surface area contributed by atoms with Gasteiger partial charge in [0.15, 0.2) is 12.6 Å². The van der Waals surface area contributed by atoms with Crippen molar-refractivity contribution in [2.75, 3.05) is 19.8 Å². The molecule has 2 saturated heterocycles. The fourth-order valence-electron chi connectivity index (χ4n) is 9.40. The Bertz CT molecular complexity index is 1190. The van der Waals surface area contributed by atoms with E-state index in [1.54, 1.807) is 0 Å². The lowest BCUT2D eigenvalue weighted by Crippen LogP contribution is -2.65. The first-order valence-electron chi connectivity index (χ1n) is 27.5. The molecule has 1 amide bonds. The van der Waals surface area contributed by atoms with E-state index in [2.05, 4.69) is 19.2 Å². The largest absolute Gasteiger partial charge is 0.394 e. The molecule has 68 heavy (non-hydrogen) atoms. The molecule has 404 valence electrons. The second-order valence-corrected chi connectivity index (χ2v) is 20.0. The topological polar surface area (TPSA) is 268 Å². The third kappa shape index (κ3) is 25.5. The summed E-state index contributed by atoms with van der Waals surface area (Å²) in [5, 5.41) is 109. The Balaban J connectivity index is 1.83. The smallest absolute Gasteiger partial charge is 0.249 e. The van der Waals surface area contributed by atoms with Gasteiger partial charge in [-0.15, -0.1) is 0 Å². The molecule has 16 heteroatoms. The summed E-state index contributed by atoms with van der Waals surface area (Å²) < 4.78 is 22.5. The van der Waals surface area contributed by atoms with Gasteiger partial charge in [0.2, 0.25) is 5.91 Å². The maximum Gasteiger partial charge on any atom is 0.249 e. The van der Waals surface area contributed by atoms with E-state index in [1.165, 1.54) is 135 Å². The summed E-state index contributed by atoms with van der Waals surface area (Å²) in [6.07, 6.45) is 15.6. The number of aliphatic hydroxyl groups is 10. The monoisotopic (exact) mass is 980 g/mol. The first kappa shape index (κ1) is 63.0. The van der Waals surface area contributed by atoms with Crippen molar-refractivity contribution in [1.82, 2.24) is 5.32 Å². The van der Waals surface area contributed by atoms with Gasteiger partial charge in [-0.05, 0) is 12.8 Å². The molecule has 2 aliphatic heterocycles. The number of carbonyl (C=O) groups excluding carboxylic acids is 1. The van der Waals surface area contributed by atoms with Crippen LogP contribution in [0.15, 0.2) is 0 Å². The lowest BCUT2D eigenvalue weighted by molar-refractivity contribution is -0.359. The molecule has 16 nitrogen and oxygen atoms in total. The van der Waals surface area contributed by atoms with Gasteiger partial charge in [0, 0.05) is 0 Å². The predicted octanol–water partition coefficient (Wildman–Crippen LogP) is 5.72. The van der Waals surface area contributed by atoms with Crippen molar-refractivity contribution in [1.29, 1.82) is 0 Å². The van der Waals surface area contributed by atoms with Crippen LogP contribution in [0.4, 0.5) is 0 Å². The van der Waals surface area contributed by atoms with Gasteiger partial charge in [-0.2, -0.15) is 0 Å². The van der Waals surface area contributed by atoms with Crippen molar-refractivity contribution in [2.24, 2.45) is 0 Å². The van der Waals surface area contributed by atoms with E-state index in [0.717, 1.165) is 44.9 Å². The number of hydrogen-bond acceptors (Lipinski definition) is 15. The fraction of sp³-hybridized carbons (Fsp3) is 0.981. The van der Waals surface area contributed by atoms with Crippen molar-refractivity contribution in [3.63, 3.8) is 0 Å². The van der Waals surface area contributed by atoms with Crippen LogP contribution in [0, 0.1) is 0 Å². The van der Waals surface area contributed by atoms with E-state index in [1.807, 2.05) is 0 Å². The lowest BCUT2D eigenvalue weighted by Gasteiger charge is -2.46. The van der Waals surface area contributed by atoms with Crippen LogP contribution in [0.3, 0.4) is 0 Å². The zero-order valence-electron chi connectivity index (χ0n) is 42.3. The molecule has 11 N–H and O–H groups in total.